The van der Waals surface area contributed by atoms with Gasteiger partial charge in [-0.15, -0.1) is 0 Å². The Morgan fingerprint density at radius 1 is 0.552 bits per heavy atom. The van der Waals surface area contributed by atoms with E-state index in [0.29, 0.717) is 0 Å². The zero-order chi connectivity index (χ0) is 20.0. The lowest BCUT2D eigenvalue weighted by Gasteiger charge is -2.36. The number of benzene rings is 3. The second kappa shape index (κ2) is 9.23. The summed E-state index contributed by atoms with van der Waals surface area (Å²) in [5, 5.41) is 4.69. The standard InChI is InChI=1S/C27H32BP/c28-27(21-13-2-1-3-14-22-27)23-29(24-15-7-4-8-16-24,25-17-9-5-10-18-25)26-19-11-6-12-20-26/h4-12,15-20,23H,1-3,13-14,21-22,28H2. The summed E-state index contributed by atoms with van der Waals surface area (Å²) in [7, 11) is 2.53. The average molecular weight is 398 g/mol. The lowest BCUT2D eigenvalue weighted by Crippen LogP contribution is -2.30. The SMILES string of the molecule is BC1(C=P(c2ccccc2)(c2ccccc2)c2ccccc2)CCCCCCC1. The van der Waals surface area contributed by atoms with Crippen LogP contribution in [0.4, 0.5) is 0 Å². The van der Waals surface area contributed by atoms with Crippen LogP contribution in [0, 0.1) is 0 Å². The van der Waals surface area contributed by atoms with Crippen LogP contribution in [-0.4, -0.2) is 13.6 Å². The highest BCUT2D eigenvalue weighted by molar-refractivity contribution is 7.94. The van der Waals surface area contributed by atoms with Gasteiger partial charge >= 0.3 is 0 Å². The van der Waals surface area contributed by atoms with E-state index >= 15 is 0 Å². The third kappa shape index (κ3) is 4.46. The van der Waals surface area contributed by atoms with Gasteiger partial charge in [-0.05, 0) is 28.1 Å². The van der Waals surface area contributed by atoms with Crippen LogP contribution < -0.4 is 15.9 Å². The largest absolute Gasteiger partial charge is 0.114 e. The van der Waals surface area contributed by atoms with E-state index in [4.69, 9.17) is 0 Å². The van der Waals surface area contributed by atoms with Crippen LogP contribution in [0.3, 0.4) is 0 Å². The summed E-state index contributed by atoms with van der Waals surface area (Å²) < 4.78 is 0. The normalized spacial score (nSPS) is 17.1. The van der Waals surface area contributed by atoms with Crippen LogP contribution >= 0.6 is 6.89 Å². The van der Waals surface area contributed by atoms with Crippen LogP contribution in [0.2, 0.25) is 5.31 Å². The lowest BCUT2D eigenvalue weighted by atomic mass is 9.63. The highest BCUT2D eigenvalue weighted by atomic mass is 31.2. The second-order valence-electron chi connectivity index (χ2n) is 8.78. The first-order chi connectivity index (χ1) is 14.2. The Labute approximate surface area is 177 Å². The van der Waals surface area contributed by atoms with Gasteiger partial charge in [0.1, 0.15) is 7.85 Å². The summed E-state index contributed by atoms with van der Waals surface area (Å²) in [6.45, 7) is -1.85. The minimum absolute atomic E-state index is 0.274. The summed E-state index contributed by atoms with van der Waals surface area (Å²) in [5.74, 6) is 2.82. The first-order valence-electron chi connectivity index (χ1n) is 11.2. The maximum absolute atomic E-state index is 2.82. The highest BCUT2D eigenvalue weighted by Crippen LogP contribution is 2.50. The molecule has 0 bridgehead atoms. The molecule has 1 aliphatic rings. The van der Waals surface area contributed by atoms with E-state index in [2.05, 4.69) is 105 Å². The Hall–Kier alpha value is -1.98. The fourth-order valence-electron chi connectivity index (χ4n) is 4.97. The number of rotatable bonds is 4. The van der Waals surface area contributed by atoms with Gasteiger partial charge in [-0.2, -0.15) is 0 Å². The Kier molecular flexibility index (Phi) is 6.46. The predicted octanol–water partition coefficient (Wildman–Crippen LogP) is 5.32. The van der Waals surface area contributed by atoms with E-state index in [-0.39, 0.29) is 5.31 Å². The molecule has 3 aromatic rings. The third-order valence-corrected chi connectivity index (χ3v) is 10.8. The molecule has 2 heteroatoms. The van der Waals surface area contributed by atoms with Gasteiger partial charge in [-0.25, -0.2) is 0 Å². The van der Waals surface area contributed by atoms with Crippen LogP contribution in [-0.2, 0) is 0 Å². The molecule has 0 unspecified atom stereocenters. The van der Waals surface area contributed by atoms with Gasteiger partial charge in [0.05, 0.1) is 0 Å². The fraction of sp³-hybridized carbons (Fsp3) is 0.296. The van der Waals surface area contributed by atoms with Gasteiger partial charge in [0.2, 0.25) is 0 Å². The maximum Gasteiger partial charge on any atom is 0.114 e. The molecule has 148 valence electrons. The Morgan fingerprint density at radius 3 is 1.28 bits per heavy atom. The molecule has 0 nitrogen and oxygen atoms in total. The van der Waals surface area contributed by atoms with Gasteiger partial charge < -0.3 is 0 Å². The molecule has 0 saturated heterocycles. The van der Waals surface area contributed by atoms with Crippen molar-refractivity contribution in [3.05, 3.63) is 91.0 Å². The second-order valence-corrected chi connectivity index (χ2v) is 12.0. The van der Waals surface area contributed by atoms with Crippen molar-refractivity contribution in [1.82, 2.24) is 0 Å². The molecular weight excluding hydrogens is 366 g/mol. The van der Waals surface area contributed by atoms with E-state index in [0.717, 1.165) is 0 Å². The Morgan fingerprint density at radius 2 is 0.897 bits per heavy atom. The minimum atomic E-state index is -1.85. The van der Waals surface area contributed by atoms with E-state index in [1.54, 1.807) is 0 Å². The molecule has 0 radical (unpaired) electrons. The summed E-state index contributed by atoms with van der Waals surface area (Å²) >= 11 is 0. The monoisotopic (exact) mass is 398 g/mol. The van der Waals surface area contributed by atoms with Gasteiger partial charge in [-0.3, -0.25) is 0 Å². The van der Waals surface area contributed by atoms with Crippen molar-refractivity contribution < 1.29 is 0 Å². The van der Waals surface area contributed by atoms with Crippen LogP contribution in [0.15, 0.2) is 91.0 Å². The Bertz CT molecular complexity index is 836. The molecule has 29 heavy (non-hydrogen) atoms. The minimum Gasteiger partial charge on any atom is -0.0761 e. The van der Waals surface area contributed by atoms with E-state index in [1.165, 1.54) is 60.9 Å². The first-order valence-corrected chi connectivity index (χ1v) is 13.0. The van der Waals surface area contributed by atoms with Crippen molar-refractivity contribution in [1.29, 1.82) is 0 Å². The molecule has 0 heterocycles. The van der Waals surface area contributed by atoms with Crippen molar-refractivity contribution in [2.45, 2.75) is 50.3 Å². The van der Waals surface area contributed by atoms with E-state index in [1.807, 2.05) is 0 Å². The van der Waals surface area contributed by atoms with E-state index < -0.39 is 6.89 Å². The van der Waals surface area contributed by atoms with Gasteiger partial charge in [0.15, 0.2) is 0 Å². The molecule has 1 saturated carbocycles. The summed E-state index contributed by atoms with van der Waals surface area (Å²) in [5.41, 5.74) is 0. The number of hydrogen-bond donors (Lipinski definition) is 0. The van der Waals surface area contributed by atoms with Gasteiger partial charge in [0.25, 0.3) is 0 Å². The van der Waals surface area contributed by atoms with Gasteiger partial charge in [0, 0.05) is 0 Å². The molecular formula is C27H32BP. The molecule has 0 N–H and O–H groups in total. The van der Waals surface area contributed by atoms with Crippen molar-refractivity contribution in [3.63, 3.8) is 0 Å². The maximum atomic E-state index is 2.82. The molecule has 4 rings (SSSR count). The van der Waals surface area contributed by atoms with Crippen molar-refractivity contribution in [2.75, 3.05) is 0 Å². The van der Waals surface area contributed by atoms with Crippen molar-refractivity contribution in [2.24, 2.45) is 0 Å². The van der Waals surface area contributed by atoms with Gasteiger partial charge in [-0.1, -0.05) is 142 Å². The summed E-state index contributed by atoms with van der Waals surface area (Å²) in [6, 6.07) is 33.9. The highest BCUT2D eigenvalue weighted by Gasteiger charge is 2.31. The molecule has 1 aliphatic carbocycles. The first kappa shape index (κ1) is 20.3. The summed E-state index contributed by atoms with van der Waals surface area (Å²) in [4.78, 5) is 0. The molecule has 0 atom stereocenters. The van der Waals surface area contributed by atoms with Crippen molar-refractivity contribution >= 4 is 36.4 Å². The molecule has 3 aromatic carbocycles. The predicted molar refractivity (Wildman–Crippen MR) is 135 cm³/mol. The number of hydrogen-bond acceptors (Lipinski definition) is 0. The fourth-order valence-corrected chi connectivity index (χ4v) is 9.43. The summed E-state index contributed by atoms with van der Waals surface area (Å²) in [6.07, 6.45) is 9.50. The lowest BCUT2D eigenvalue weighted by molar-refractivity contribution is 0.471. The Balaban J connectivity index is 2.02. The topological polar surface area (TPSA) is 0 Å². The van der Waals surface area contributed by atoms with Crippen LogP contribution in [0.25, 0.3) is 0 Å². The molecule has 0 amide bonds. The zero-order valence-corrected chi connectivity index (χ0v) is 18.5. The van der Waals surface area contributed by atoms with Crippen LogP contribution in [0.5, 0.6) is 0 Å². The van der Waals surface area contributed by atoms with Crippen molar-refractivity contribution in [3.8, 4) is 0 Å². The molecule has 0 aromatic heterocycles. The van der Waals surface area contributed by atoms with E-state index in [9.17, 15) is 0 Å². The zero-order valence-electron chi connectivity index (χ0n) is 17.6. The smallest absolute Gasteiger partial charge is 0.0761 e. The average Bonchev–Trinajstić information content (AvgIpc) is 2.77. The quantitative estimate of drug-likeness (QED) is 0.412. The third-order valence-electron chi connectivity index (χ3n) is 6.49. The molecule has 0 aliphatic heterocycles. The molecule has 0 spiro atoms. The van der Waals surface area contributed by atoms with Crippen LogP contribution in [0.1, 0.15) is 44.9 Å². The molecule has 1 fully saturated rings.